The molecule has 61 heavy (non-hydrogen) atoms. The summed E-state index contributed by atoms with van der Waals surface area (Å²) >= 11 is 0. The van der Waals surface area contributed by atoms with Crippen molar-refractivity contribution in [1.29, 1.82) is 0 Å². The smallest absolute Gasteiger partial charge is 0.329 e. The standard InChI is InChI=1S/C43H55N13O5/c1-50-22-23-55(42(50)60)32-4-3-17-54(26-32)41-47-39(37(38(44)58)48-49-41)45-30-7-5-28(6-8-30)29-15-18-52(19-16-29)25-27-13-20-53(21-14-27)31-9-10-33-35(24-31)51(2)43(61)56(33)34-11-12-36(57)46-40(34)59/h5-10,24,27,29,32,34H,3-4,11-23,25-26H2,1-2H3,(H2,44,58)(H,45,47,49)(H,46,57,59). The van der Waals surface area contributed by atoms with Crippen molar-refractivity contribution >= 4 is 57.9 Å². The number of nitrogens with two attached hydrogens (primary N) is 1. The monoisotopic (exact) mass is 833 g/mol. The van der Waals surface area contributed by atoms with E-state index in [0.29, 0.717) is 42.8 Å². The number of imide groups is 1. The third kappa shape index (κ3) is 8.12. The van der Waals surface area contributed by atoms with Crippen molar-refractivity contribution in [2.24, 2.45) is 18.7 Å². The van der Waals surface area contributed by atoms with Crippen LogP contribution in [0.25, 0.3) is 11.0 Å². The number of hydrogen-bond acceptors (Lipinski definition) is 12. The number of aromatic nitrogens is 5. The van der Waals surface area contributed by atoms with Gasteiger partial charge in [0.15, 0.2) is 11.5 Å². The maximum absolute atomic E-state index is 13.3. The van der Waals surface area contributed by atoms with Gasteiger partial charge in [-0.3, -0.25) is 28.8 Å². The molecule has 322 valence electrons. The molecule has 18 nitrogen and oxygen atoms in total. The van der Waals surface area contributed by atoms with Crippen LogP contribution in [0.15, 0.2) is 47.3 Å². The van der Waals surface area contributed by atoms with Crippen LogP contribution < -0.4 is 31.9 Å². The number of imidazole rings is 1. The van der Waals surface area contributed by atoms with E-state index in [2.05, 4.69) is 48.8 Å². The number of rotatable bonds is 10. The molecule has 5 fully saturated rings. The Hall–Kier alpha value is -6.04. The molecular weight excluding hydrogens is 779 g/mol. The number of urea groups is 1. The third-order valence-electron chi connectivity index (χ3n) is 13.6. The van der Waals surface area contributed by atoms with Crippen LogP contribution in [0.1, 0.15) is 79.4 Å². The molecule has 4 aromatic rings. The van der Waals surface area contributed by atoms with Gasteiger partial charge >= 0.3 is 11.7 Å². The van der Waals surface area contributed by atoms with E-state index in [4.69, 9.17) is 10.7 Å². The van der Waals surface area contributed by atoms with Gasteiger partial charge in [0.05, 0.1) is 17.1 Å². The summed E-state index contributed by atoms with van der Waals surface area (Å²) in [6.07, 6.45) is 6.71. The number of amides is 5. The molecule has 0 aliphatic carbocycles. The van der Waals surface area contributed by atoms with E-state index >= 15 is 0 Å². The number of carbonyl (C=O) groups excluding carboxylic acids is 4. The van der Waals surface area contributed by atoms with E-state index in [1.807, 2.05) is 41.1 Å². The first kappa shape index (κ1) is 40.4. The van der Waals surface area contributed by atoms with Gasteiger partial charge in [-0.15, -0.1) is 10.2 Å². The van der Waals surface area contributed by atoms with Gasteiger partial charge in [0, 0.05) is 77.7 Å². The number of anilines is 4. The fraction of sp³-hybridized carbons (Fsp3) is 0.535. The van der Waals surface area contributed by atoms with Gasteiger partial charge in [-0.2, -0.15) is 4.98 Å². The number of carbonyl (C=O) groups is 4. The molecule has 5 aliphatic heterocycles. The molecule has 4 N–H and O–H groups in total. The fourth-order valence-corrected chi connectivity index (χ4v) is 10.0. The summed E-state index contributed by atoms with van der Waals surface area (Å²) in [4.78, 5) is 78.0. The second kappa shape index (κ2) is 16.8. The van der Waals surface area contributed by atoms with Gasteiger partial charge in [0.2, 0.25) is 17.8 Å². The van der Waals surface area contributed by atoms with Crippen LogP contribution in [-0.2, 0) is 16.6 Å². The van der Waals surface area contributed by atoms with Crippen LogP contribution in [-0.4, -0.2) is 135 Å². The van der Waals surface area contributed by atoms with Crippen molar-refractivity contribution < 1.29 is 19.2 Å². The van der Waals surface area contributed by atoms with Gasteiger partial charge in [-0.05, 0) is 106 Å². The summed E-state index contributed by atoms with van der Waals surface area (Å²) < 4.78 is 3.13. The number of piperidine rings is 4. The molecule has 2 aromatic carbocycles. The Morgan fingerprint density at radius 2 is 1.61 bits per heavy atom. The molecule has 0 saturated carbocycles. The second-order valence-electron chi connectivity index (χ2n) is 17.4. The predicted octanol–water partition coefficient (Wildman–Crippen LogP) is 2.78. The van der Waals surface area contributed by atoms with E-state index < -0.39 is 17.9 Å². The lowest BCUT2D eigenvalue weighted by Crippen LogP contribution is -2.49. The van der Waals surface area contributed by atoms with Crippen LogP contribution in [0.5, 0.6) is 0 Å². The summed E-state index contributed by atoms with van der Waals surface area (Å²) in [6.45, 7) is 7.84. The van der Waals surface area contributed by atoms with Crippen molar-refractivity contribution in [3.63, 3.8) is 0 Å². The molecule has 0 radical (unpaired) electrons. The quantitative estimate of drug-likeness (QED) is 0.198. The van der Waals surface area contributed by atoms with Crippen molar-refractivity contribution in [3.8, 4) is 0 Å². The summed E-state index contributed by atoms with van der Waals surface area (Å²) in [6, 6.07) is 13.8. The summed E-state index contributed by atoms with van der Waals surface area (Å²) in [5.74, 6) is 0.315. The molecule has 5 aliphatic rings. The van der Waals surface area contributed by atoms with Crippen LogP contribution in [0, 0.1) is 5.92 Å². The van der Waals surface area contributed by atoms with Crippen LogP contribution in [0.4, 0.5) is 27.9 Å². The lowest BCUT2D eigenvalue weighted by atomic mass is 9.88. The largest absolute Gasteiger partial charge is 0.371 e. The predicted molar refractivity (Wildman–Crippen MR) is 230 cm³/mol. The van der Waals surface area contributed by atoms with Crippen LogP contribution >= 0.6 is 0 Å². The van der Waals surface area contributed by atoms with Gasteiger partial charge < -0.3 is 35.6 Å². The topological polar surface area (TPSA) is 200 Å². The zero-order chi connectivity index (χ0) is 42.4. The van der Waals surface area contributed by atoms with Crippen molar-refractivity contribution in [2.75, 3.05) is 81.1 Å². The fourth-order valence-electron chi connectivity index (χ4n) is 10.0. The van der Waals surface area contributed by atoms with E-state index in [1.54, 1.807) is 16.5 Å². The highest BCUT2D eigenvalue weighted by Crippen LogP contribution is 2.33. The van der Waals surface area contributed by atoms with E-state index in [0.717, 1.165) is 101 Å². The molecule has 0 spiro atoms. The lowest BCUT2D eigenvalue weighted by molar-refractivity contribution is -0.135. The molecule has 7 heterocycles. The summed E-state index contributed by atoms with van der Waals surface area (Å²) in [5.41, 5.74) is 10.0. The van der Waals surface area contributed by atoms with Crippen molar-refractivity contribution in [2.45, 2.75) is 69.4 Å². The Bertz CT molecular complexity index is 2380. The number of nitrogens with zero attached hydrogens (tertiary/aromatic N) is 10. The molecule has 0 bridgehead atoms. The Balaban J connectivity index is 0.766. The number of primary amides is 1. The van der Waals surface area contributed by atoms with E-state index in [1.165, 1.54) is 10.1 Å². The normalized spacial score (nSPS) is 22.4. The first-order valence-corrected chi connectivity index (χ1v) is 21.7. The highest BCUT2D eigenvalue weighted by atomic mass is 16.2. The SMILES string of the molecule is CN1CCN(C2CCCN(c3nnc(C(N)=O)c(Nc4ccc(C5CCN(CC6CCN(c7ccc8c(c7)n(C)c(=O)n8C7CCC(=O)NC7=O)CC6)CC5)cc4)n3)C2)C1=O. The minimum Gasteiger partial charge on any atom is -0.371 e. The minimum atomic E-state index is -0.711. The maximum Gasteiger partial charge on any atom is 0.329 e. The first-order valence-electron chi connectivity index (χ1n) is 21.7. The molecular formula is C43H55N13O5. The number of fused-ring (bicyclic) bond motifs is 1. The summed E-state index contributed by atoms with van der Waals surface area (Å²) in [5, 5.41) is 14.1. The van der Waals surface area contributed by atoms with Gasteiger partial charge in [0.1, 0.15) is 6.04 Å². The third-order valence-corrected chi connectivity index (χ3v) is 13.6. The van der Waals surface area contributed by atoms with Crippen LogP contribution in [0.2, 0.25) is 0 Å². The average molecular weight is 834 g/mol. The van der Waals surface area contributed by atoms with Gasteiger partial charge in [-0.25, -0.2) is 9.59 Å². The Morgan fingerprint density at radius 1 is 0.836 bits per heavy atom. The maximum atomic E-state index is 13.3. The Kier molecular flexibility index (Phi) is 11.1. The van der Waals surface area contributed by atoms with Gasteiger partial charge in [-0.1, -0.05) is 12.1 Å². The molecule has 2 unspecified atom stereocenters. The number of likely N-dealkylation sites (tertiary alicyclic amines) is 1. The highest BCUT2D eigenvalue weighted by Gasteiger charge is 2.36. The minimum absolute atomic E-state index is 0.0235. The average Bonchev–Trinajstić information content (AvgIpc) is 3.73. The Labute approximate surface area is 354 Å². The molecule has 18 heteroatoms. The molecule has 5 saturated heterocycles. The number of likely N-dealkylation sites (N-methyl/N-ethyl adjacent to an activating group) is 1. The summed E-state index contributed by atoms with van der Waals surface area (Å²) in [7, 11) is 3.56. The number of nitrogens with one attached hydrogen (secondary N) is 2. The zero-order valence-electron chi connectivity index (χ0n) is 35.0. The molecule has 5 amide bonds. The first-order chi connectivity index (χ1) is 29.5. The zero-order valence-corrected chi connectivity index (χ0v) is 35.0. The molecule has 2 aromatic heterocycles. The highest BCUT2D eigenvalue weighted by molar-refractivity contribution is 6.00. The van der Waals surface area contributed by atoms with E-state index in [9.17, 15) is 24.0 Å². The van der Waals surface area contributed by atoms with Crippen molar-refractivity contribution in [1.82, 2.24) is 44.3 Å². The number of hydrogen-bond donors (Lipinski definition) is 3. The van der Waals surface area contributed by atoms with Crippen molar-refractivity contribution in [3.05, 3.63) is 64.2 Å². The number of aryl methyl sites for hydroxylation is 1. The van der Waals surface area contributed by atoms with Crippen LogP contribution in [0.3, 0.4) is 0 Å². The van der Waals surface area contributed by atoms with E-state index in [-0.39, 0.29) is 41.6 Å². The molecule has 9 rings (SSSR count). The van der Waals surface area contributed by atoms with Gasteiger partial charge in [0.25, 0.3) is 5.91 Å². The molecule has 2 atom stereocenters. The number of benzene rings is 2. The lowest BCUT2D eigenvalue weighted by Gasteiger charge is -2.38. The Morgan fingerprint density at radius 3 is 2.31 bits per heavy atom. The second-order valence-corrected chi connectivity index (χ2v) is 17.4.